The summed E-state index contributed by atoms with van der Waals surface area (Å²) in [7, 11) is 0. The van der Waals surface area contributed by atoms with Gasteiger partial charge in [0.1, 0.15) is 0 Å². The van der Waals surface area contributed by atoms with Crippen molar-refractivity contribution in [2.45, 2.75) is 62.3 Å². The van der Waals surface area contributed by atoms with Crippen LogP contribution in [0.5, 0.6) is 0 Å². The lowest BCUT2D eigenvalue weighted by atomic mass is 9.53. The average molecular weight is 569 g/mol. The second kappa shape index (κ2) is 8.32. The lowest BCUT2D eigenvalue weighted by molar-refractivity contribution is -0.0331. The summed E-state index contributed by atoms with van der Waals surface area (Å²) < 4.78 is 7.10. The highest BCUT2D eigenvalue weighted by atomic mass is 16.5. The van der Waals surface area contributed by atoms with E-state index in [2.05, 4.69) is 93.5 Å². The van der Waals surface area contributed by atoms with Crippen LogP contribution in [0.1, 0.15) is 49.0 Å². The van der Waals surface area contributed by atoms with Gasteiger partial charge in [0.05, 0.1) is 24.8 Å². The Morgan fingerprint density at radius 2 is 1.91 bits per heavy atom. The molecule has 5 heteroatoms. The molecule has 1 aromatic heterocycles. The number of aromatic amines is 1. The van der Waals surface area contributed by atoms with Crippen LogP contribution in [0.15, 0.2) is 83.6 Å². The van der Waals surface area contributed by atoms with Crippen LogP contribution in [0.2, 0.25) is 0 Å². The normalized spacial score (nSPS) is 39.7. The van der Waals surface area contributed by atoms with Crippen LogP contribution in [0.4, 0.5) is 5.69 Å². The molecule has 4 fully saturated rings. The van der Waals surface area contributed by atoms with Crippen LogP contribution in [0, 0.1) is 17.8 Å². The van der Waals surface area contributed by atoms with Gasteiger partial charge in [0.15, 0.2) is 0 Å². The van der Waals surface area contributed by atoms with Crippen LogP contribution in [0.3, 0.4) is 0 Å². The summed E-state index contributed by atoms with van der Waals surface area (Å²) in [6, 6.07) is 20.0. The maximum Gasteiger partial charge on any atom is 0.0866 e. The van der Waals surface area contributed by atoms with Crippen molar-refractivity contribution >= 4 is 16.6 Å². The van der Waals surface area contributed by atoms with E-state index in [-0.39, 0.29) is 11.5 Å². The predicted octanol–water partition coefficient (Wildman–Crippen LogP) is 6.11. The lowest BCUT2D eigenvalue weighted by Crippen LogP contribution is -2.67. The van der Waals surface area contributed by atoms with Gasteiger partial charge in [0.2, 0.25) is 0 Å². The quantitative estimate of drug-likeness (QED) is 0.360. The van der Waals surface area contributed by atoms with Crippen molar-refractivity contribution in [1.29, 1.82) is 0 Å². The van der Waals surface area contributed by atoms with Crippen molar-refractivity contribution in [2.24, 2.45) is 17.8 Å². The Morgan fingerprint density at radius 3 is 2.86 bits per heavy atom. The highest BCUT2D eigenvalue weighted by Gasteiger charge is 2.70. The van der Waals surface area contributed by atoms with Gasteiger partial charge in [-0.25, -0.2) is 0 Å². The summed E-state index contributed by atoms with van der Waals surface area (Å²) in [6.07, 6.45) is 12.6. The van der Waals surface area contributed by atoms with E-state index in [1.54, 1.807) is 27.8 Å². The zero-order valence-corrected chi connectivity index (χ0v) is 25.0. The fraction of sp³-hybridized carbons (Fsp3) is 0.474. The maximum absolute atomic E-state index is 7.10. The molecule has 8 aliphatic rings. The molecule has 2 aromatic carbocycles. The van der Waals surface area contributed by atoms with Crippen LogP contribution >= 0.6 is 0 Å². The van der Waals surface area contributed by atoms with Crippen LogP contribution < -0.4 is 4.90 Å². The average Bonchev–Trinajstić information content (AvgIpc) is 3.67. The summed E-state index contributed by atoms with van der Waals surface area (Å²) in [6.45, 7) is 7.63. The van der Waals surface area contributed by atoms with E-state index in [4.69, 9.17) is 4.74 Å². The first-order valence-electron chi connectivity index (χ1n) is 16.9. The fourth-order valence-electron chi connectivity index (χ4n) is 11.9. The van der Waals surface area contributed by atoms with E-state index in [1.165, 1.54) is 41.7 Å². The molecule has 11 rings (SSSR count). The summed E-state index contributed by atoms with van der Waals surface area (Å²) >= 11 is 0. The van der Waals surface area contributed by atoms with Crippen molar-refractivity contribution in [3.05, 3.63) is 100 Å². The Bertz CT molecular complexity index is 1800. The molecule has 0 radical (unpaired) electrons. The Hall–Kier alpha value is -3.12. The van der Waals surface area contributed by atoms with Crippen LogP contribution in [-0.2, 0) is 16.6 Å². The molecule has 2 bridgehead atoms. The Morgan fingerprint density at radius 1 is 1.00 bits per heavy atom. The largest absolute Gasteiger partial charge is 0.369 e. The number of H-pyrrole nitrogens is 1. The van der Waals surface area contributed by atoms with Gasteiger partial charge in [-0.2, -0.15) is 0 Å². The molecule has 43 heavy (non-hydrogen) atoms. The van der Waals surface area contributed by atoms with Gasteiger partial charge in [-0.15, -0.1) is 0 Å². The second-order valence-corrected chi connectivity index (χ2v) is 14.7. The van der Waals surface area contributed by atoms with Gasteiger partial charge in [-0.3, -0.25) is 9.80 Å². The first kappa shape index (κ1) is 24.2. The highest BCUT2D eigenvalue weighted by molar-refractivity contribution is 5.85. The van der Waals surface area contributed by atoms with Gasteiger partial charge in [-0.1, -0.05) is 59.7 Å². The predicted molar refractivity (Wildman–Crippen MR) is 170 cm³/mol. The third kappa shape index (κ3) is 2.86. The number of benzene rings is 2. The van der Waals surface area contributed by atoms with Crippen LogP contribution in [0.25, 0.3) is 10.9 Å². The molecule has 7 aliphatic heterocycles. The zero-order valence-electron chi connectivity index (χ0n) is 25.0. The van der Waals surface area contributed by atoms with E-state index in [9.17, 15) is 0 Å². The number of hydrogen-bond donors (Lipinski definition) is 1. The van der Waals surface area contributed by atoms with Gasteiger partial charge >= 0.3 is 0 Å². The minimum Gasteiger partial charge on any atom is -0.369 e. The monoisotopic (exact) mass is 568 g/mol. The van der Waals surface area contributed by atoms with E-state index in [0.717, 1.165) is 39.1 Å². The minimum absolute atomic E-state index is 0.191. The van der Waals surface area contributed by atoms with Crippen molar-refractivity contribution < 1.29 is 4.74 Å². The van der Waals surface area contributed by atoms with E-state index >= 15 is 0 Å². The van der Waals surface area contributed by atoms with Crippen molar-refractivity contribution in [3.63, 3.8) is 0 Å². The topological polar surface area (TPSA) is 34.7 Å². The van der Waals surface area contributed by atoms with Gasteiger partial charge in [0, 0.05) is 71.4 Å². The molecule has 1 aliphatic carbocycles. The number of ether oxygens (including phenoxy) is 1. The highest BCUT2D eigenvalue weighted by Crippen LogP contribution is 2.66. The molecule has 1 N–H and O–H groups in total. The molecule has 1 saturated carbocycles. The van der Waals surface area contributed by atoms with Gasteiger partial charge in [-0.05, 0) is 73.9 Å². The number of nitrogens with zero attached hydrogens (tertiary/aromatic N) is 3. The third-order valence-corrected chi connectivity index (χ3v) is 13.5. The summed E-state index contributed by atoms with van der Waals surface area (Å²) in [5, 5.41) is 1.43. The number of aromatic nitrogens is 1. The van der Waals surface area contributed by atoms with Gasteiger partial charge in [0.25, 0.3) is 0 Å². The molecular formula is C38H40N4O. The molecular weight excluding hydrogens is 528 g/mol. The zero-order chi connectivity index (χ0) is 28.0. The number of piperidine rings is 2. The molecule has 0 unspecified atom stereocenters. The smallest absolute Gasteiger partial charge is 0.0866 e. The molecule has 3 aromatic rings. The Balaban J connectivity index is 1.08. The number of para-hydroxylation sites is 2. The summed E-state index contributed by atoms with van der Waals surface area (Å²) in [5.74, 6) is 1.56. The molecule has 218 valence electrons. The standard InChI is InChI=1S/C38H40N4O/c1-2-22-19-40-14-11-25-24-7-3-5-9-30(24)39-35(25)32(40)17-26(22)28-21-42-31-10-6-4-8-29(31)38-13-15-41-20-23-12-16-43-36(28)34(37(38)42)27(23)18-33(38)41/h2-10,12,21,26-27,32-34,36-37,39H,11,13-20H2,1H3/b22-2+/t26-,27-,32-,33-,34-,36-,37-,38+/m0/s1. The molecule has 1 spiro atoms. The van der Waals surface area contributed by atoms with Crippen molar-refractivity contribution in [2.75, 3.05) is 37.7 Å². The number of fused-ring (bicyclic) bond motifs is 7. The lowest BCUT2D eigenvalue weighted by Gasteiger charge is -2.59. The third-order valence-electron chi connectivity index (χ3n) is 13.5. The molecule has 8 heterocycles. The number of rotatable bonds is 1. The number of hydrogen-bond acceptors (Lipinski definition) is 4. The molecule has 5 nitrogen and oxygen atoms in total. The fourth-order valence-corrected chi connectivity index (χ4v) is 11.9. The second-order valence-electron chi connectivity index (χ2n) is 14.7. The first-order chi connectivity index (χ1) is 21.2. The van der Waals surface area contributed by atoms with Crippen LogP contribution in [-0.4, -0.2) is 65.8 Å². The SMILES string of the molecule is C/C=C1\CN2CCc3c([nH]c4ccccc34)[C@@H]2C[C@@H]1C1=CN2c3ccccc3[C@@]34CCN5CC6=CCO[C@@H]1[C@@H]([C@H]23)[C@H]6C[C@H]54. The Kier molecular flexibility index (Phi) is 4.69. The minimum atomic E-state index is 0.191. The van der Waals surface area contributed by atoms with Crippen molar-refractivity contribution in [1.82, 2.24) is 14.8 Å². The summed E-state index contributed by atoms with van der Waals surface area (Å²) in [5.41, 5.74) is 12.5. The van der Waals surface area contributed by atoms with E-state index in [1.807, 2.05) is 0 Å². The first-order valence-corrected chi connectivity index (χ1v) is 16.9. The van der Waals surface area contributed by atoms with E-state index < -0.39 is 0 Å². The summed E-state index contributed by atoms with van der Waals surface area (Å²) in [4.78, 5) is 12.3. The number of nitrogens with one attached hydrogen (secondary N) is 1. The number of allylic oxidation sites excluding steroid dienone is 1. The Labute approximate surface area is 253 Å². The molecule has 3 saturated heterocycles. The van der Waals surface area contributed by atoms with Crippen molar-refractivity contribution in [3.8, 4) is 0 Å². The molecule has 0 amide bonds. The maximum atomic E-state index is 7.10. The van der Waals surface area contributed by atoms with Gasteiger partial charge < -0.3 is 14.6 Å². The number of anilines is 1. The molecule has 8 atom stereocenters. The van der Waals surface area contributed by atoms with E-state index in [0.29, 0.717) is 35.9 Å².